The summed E-state index contributed by atoms with van der Waals surface area (Å²) in [5, 5.41) is 8.72. The van der Waals surface area contributed by atoms with Crippen LogP contribution in [0.5, 0.6) is 0 Å². The Balaban J connectivity index is -0.00000112. The van der Waals surface area contributed by atoms with Crippen LogP contribution in [0.3, 0.4) is 0 Å². The number of aliphatic hydroxyl groups excluding tert-OH is 1. The van der Waals surface area contributed by atoms with Crippen molar-refractivity contribution >= 4 is 0 Å². The number of rotatable bonds is 7. The molecule has 0 aliphatic heterocycles. The van der Waals surface area contributed by atoms with Gasteiger partial charge < -0.3 is 6.53 Å². The topological polar surface area (TPSA) is 20.2 Å². The predicted octanol–water partition coefficient (Wildman–Crippen LogP) is 1.51. The Morgan fingerprint density at radius 3 is 1.82 bits per heavy atom. The van der Waals surface area contributed by atoms with E-state index in [4.69, 9.17) is 5.11 Å². The fraction of sp³-hybridized carbons (Fsp3) is 0.600. The molecular weight excluding hydrogens is 235 g/mol. The number of aliphatic hydroxyl groups is 1. The van der Waals surface area contributed by atoms with Crippen molar-refractivity contribution in [1.29, 1.82) is 0 Å². The van der Waals surface area contributed by atoms with Gasteiger partial charge in [0.15, 0.2) is 0 Å². The van der Waals surface area contributed by atoms with Gasteiger partial charge in [-0.2, -0.15) is 0 Å². The molecule has 0 unspecified atom stereocenters. The van der Waals surface area contributed by atoms with Crippen molar-refractivity contribution in [1.82, 2.24) is 0 Å². The Kier molecular flexibility index (Phi) is 15.7. The van der Waals surface area contributed by atoms with Gasteiger partial charge in [-0.3, -0.25) is 0 Å². The molecule has 0 rings (SSSR count). The van der Waals surface area contributed by atoms with E-state index in [1.165, 1.54) is 16.7 Å². The van der Waals surface area contributed by atoms with Gasteiger partial charge >= 0.3 is 51.4 Å². The van der Waals surface area contributed by atoms with Gasteiger partial charge in [-0.1, -0.05) is 34.9 Å². The minimum Gasteiger partial charge on any atom is -1.00 e. The Morgan fingerprint density at radius 1 is 0.882 bits per heavy atom. The SMILES string of the molecule is CC(C)=CCCC(C)=CCCC(C)=CCO.[H-].[K+]. The molecule has 1 nitrogen and oxygen atoms in total. The smallest absolute Gasteiger partial charge is 1.00 e. The zero-order chi connectivity index (χ0) is 12.4. The molecule has 0 saturated heterocycles. The maximum atomic E-state index is 8.72. The quantitative estimate of drug-likeness (QED) is 0.545. The summed E-state index contributed by atoms with van der Waals surface area (Å²) in [6.07, 6.45) is 10.9. The van der Waals surface area contributed by atoms with Crippen molar-refractivity contribution in [2.45, 2.75) is 53.4 Å². The van der Waals surface area contributed by atoms with Gasteiger partial charge in [0.25, 0.3) is 0 Å². The Morgan fingerprint density at radius 2 is 1.35 bits per heavy atom. The van der Waals surface area contributed by atoms with Crippen LogP contribution in [0.4, 0.5) is 0 Å². The van der Waals surface area contributed by atoms with Gasteiger partial charge in [0.1, 0.15) is 0 Å². The first-order valence-electron chi connectivity index (χ1n) is 6.11. The van der Waals surface area contributed by atoms with E-state index in [9.17, 15) is 0 Å². The van der Waals surface area contributed by atoms with Gasteiger partial charge in [-0.05, 0) is 53.4 Å². The van der Waals surface area contributed by atoms with Crippen LogP contribution in [0.2, 0.25) is 0 Å². The maximum absolute atomic E-state index is 8.72. The monoisotopic (exact) mass is 262 g/mol. The average Bonchev–Trinajstić information content (AvgIpc) is 2.17. The van der Waals surface area contributed by atoms with Crippen molar-refractivity contribution in [3.05, 3.63) is 34.9 Å². The van der Waals surface area contributed by atoms with E-state index in [-0.39, 0.29) is 59.4 Å². The van der Waals surface area contributed by atoms with Gasteiger partial charge in [0, 0.05) is 0 Å². The standard InChI is InChI=1S/C15H26O.K.H/c1-13(2)7-5-8-14(3)9-6-10-15(4)11-12-16;;/h7,9,11,16H,5-6,8,10,12H2,1-4H3;;/q;+1;-1. The van der Waals surface area contributed by atoms with Crippen molar-refractivity contribution < 1.29 is 57.9 Å². The van der Waals surface area contributed by atoms with E-state index in [2.05, 4.69) is 39.8 Å². The molecule has 0 aliphatic rings. The summed E-state index contributed by atoms with van der Waals surface area (Å²) in [4.78, 5) is 0. The van der Waals surface area contributed by atoms with Crippen molar-refractivity contribution in [2.24, 2.45) is 0 Å². The molecule has 17 heavy (non-hydrogen) atoms. The third-order valence-corrected chi connectivity index (χ3v) is 2.56. The van der Waals surface area contributed by atoms with Crippen molar-refractivity contribution in [2.75, 3.05) is 6.61 Å². The molecule has 94 valence electrons. The molecule has 0 bridgehead atoms. The molecule has 0 radical (unpaired) electrons. The van der Waals surface area contributed by atoms with Gasteiger partial charge in [-0.25, -0.2) is 0 Å². The molecule has 0 amide bonds. The normalized spacial score (nSPS) is 12.1. The molecule has 0 heterocycles. The van der Waals surface area contributed by atoms with E-state index in [1.54, 1.807) is 0 Å². The second kappa shape index (κ2) is 13.3. The van der Waals surface area contributed by atoms with Crippen LogP contribution in [-0.4, -0.2) is 11.7 Å². The number of hydrogen-bond donors (Lipinski definition) is 1. The molecular formula is C15H27KO. The first kappa shape index (κ1) is 20.1. The molecule has 0 aliphatic carbocycles. The van der Waals surface area contributed by atoms with Crippen LogP contribution < -0.4 is 51.4 Å². The zero-order valence-corrected chi connectivity index (χ0v) is 15.3. The van der Waals surface area contributed by atoms with Crippen molar-refractivity contribution in [3.8, 4) is 0 Å². The summed E-state index contributed by atoms with van der Waals surface area (Å²) >= 11 is 0. The molecule has 0 spiro atoms. The van der Waals surface area contributed by atoms with E-state index in [1.807, 2.05) is 6.08 Å². The van der Waals surface area contributed by atoms with E-state index < -0.39 is 0 Å². The van der Waals surface area contributed by atoms with E-state index in [0.717, 1.165) is 25.7 Å². The van der Waals surface area contributed by atoms with Gasteiger partial charge in [0.2, 0.25) is 0 Å². The predicted molar refractivity (Wildman–Crippen MR) is 73.6 cm³/mol. The van der Waals surface area contributed by atoms with E-state index >= 15 is 0 Å². The third-order valence-electron chi connectivity index (χ3n) is 2.56. The van der Waals surface area contributed by atoms with Crippen molar-refractivity contribution in [3.63, 3.8) is 0 Å². The zero-order valence-electron chi connectivity index (χ0n) is 13.2. The molecule has 0 aromatic carbocycles. The largest absolute Gasteiger partial charge is 1.00 e. The number of allylic oxidation sites excluding steroid dienone is 5. The van der Waals surface area contributed by atoms with E-state index in [0.29, 0.717) is 0 Å². The fourth-order valence-electron chi connectivity index (χ4n) is 1.49. The third kappa shape index (κ3) is 14.8. The molecule has 0 atom stereocenters. The first-order chi connectivity index (χ1) is 7.56. The molecule has 0 aromatic heterocycles. The summed E-state index contributed by atoms with van der Waals surface area (Å²) in [5.74, 6) is 0. The molecule has 2 heteroatoms. The maximum Gasteiger partial charge on any atom is 1.00 e. The van der Waals surface area contributed by atoms with Crippen LogP contribution in [0.15, 0.2) is 34.9 Å². The molecule has 1 N–H and O–H groups in total. The second-order valence-corrected chi connectivity index (χ2v) is 4.64. The van der Waals surface area contributed by atoms with Crippen LogP contribution >= 0.6 is 0 Å². The Labute approximate surface area is 151 Å². The van der Waals surface area contributed by atoms with Crippen LogP contribution in [0, 0.1) is 0 Å². The first-order valence-corrected chi connectivity index (χ1v) is 6.11. The average molecular weight is 262 g/mol. The summed E-state index contributed by atoms with van der Waals surface area (Å²) in [6, 6.07) is 0. The van der Waals surface area contributed by atoms with Crippen LogP contribution in [0.25, 0.3) is 0 Å². The summed E-state index contributed by atoms with van der Waals surface area (Å²) in [6.45, 7) is 8.71. The number of hydrogen-bond acceptors (Lipinski definition) is 1. The minimum absolute atomic E-state index is 0. The second-order valence-electron chi connectivity index (χ2n) is 4.64. The molecule has 0 fully saturated rings. The summed E-state index contributed by atoms with van der Waals surface area (Å²) in [7, 11) is 0. The minimum atomic E-state index is 0. The molecule has 0 aromatic rings. The van der Waals surface area contributed by atoms with Gasteiger partial charge in [0.05, 0.1) is 6.61 Å². The Hall–Kier alpha value is 0.816. The Bertz CT molecular complexity index is 276. The van der Waals surface area contributed by atoms with Crippen LogP contribution in [-0.2, 0) is 0 Å². The van der Waals surface area contributed by atoms with Crippen LogP contribution in [0.1, 0.15) is 54.8 Å². The molecule has 0 saturated carbocycles. The van der Waals surface area contributed by atoms with Gasteiger partial charge in [-0.15, -0.1) is 0 Å². The summed E-state index contributed by atoms with van der Waals surface area (Å²) in [5.41, 5.74) is 4.14. The fourth-order valence-corrected chi connectivity index (χ4v) is 1.49. The summed E-state index contributed by atoms with van der Waals surface area (Å²) < 4.78 is 0.